The van der Waals surface area contributed by atoms with Crippen LogP contribution in [-0.2, 0) is 4.74 Å². The number of amides is 1. The van der Waals surface area contributed by atoms with Crippen molar-refractivity contribution in [1.82, 2.24) is 15.3 Å². The van der Waals surface area contributed by atoms with Gasteiger partial charge in [0, 0.05) is 6.07 Å². The number of aromatic nitrogens is 2. The Labute approximate surface area is 144 Å². The lowest BCUT2D eigenvalue weighted by atomic mass is 10.1. The molecule has 1 fully saturated rings. The van der Waals surface area contributed by atoms with E-state index in [9.17, 15) is 18.0 Å². The Morgan fingerprint density at radius 3 is 2.44 bits per heavy atom. The summed E-state index contributed by atoms with van der Waals surface area (Å²) >= 11 is 0. The zero-order valence-corrected chi connectivity index (χ0v) is 14.6. The average molecular weight is 361 g/mol. The summed E-state index contributed by atoms with van der Waals surface area (Å²) in [5.74, 6) is -0.0261. The summed E-state index contributed by atoms with van der Waals surface area (Å²) in [5, 5.41) is 2.73. The first-order valence-electron chi connectivity index (χ1n) is 8.00. The number of carbonyl (C=O) groups is 1. The molecule has 1 aromatic rings. The molecule has 25 heavy (non-hydrogen) atoms. The van der Waals surface area contributed by atoms with Crippen molar-refractivity contribution >= 4 is 6.09 Å². The van der Waals surface area contributed by atoms with Crippen LogP contribution >= 0.6 is 0 Å². The van der Waals surface area contributed by atoms with E-state index in [-0.39, 0.29) is 11.8 Å². The van der Waals surface area contributed by atoms with E-state index < -0.39 is 30.0 Å². The monoisotopic (exact) mass is 361 g/mol. The summed E-state index contributed by atoms with van der Waals surface area (Å²) in [7, 11) is 0. The molecule has 0 saturated heterocycles. The van der Waals surface area contributed by atoms with Crippen LogP contribution < -0.4 is 10.1 Å². The summed E-state index contributed by atoms with van der Waals surface area (Å²) in [6, 6.07) is 0.865. The van der Waals surface area contributed by atoms with Crippen molar-refractivity contribution in [3.8, 4) is 5.88 Å². The van der Waals surface area contributed by atoms with Gasteiger partial charge in [-0.1, -0.05) is 0 Å². The third-order valence-electron chi connectivity index (χ3n) is 3.51. The topological polar surface area (TPSA) is 73.3 Å². The van der Waals surface area contributed by atoms with Crippen molar-refractivity contribution in [2.75, 3.05) is 0 Å². The van der Waals surface area contributed by atoms with Gasteiger partial charge in [-0.25, -0.2) is 14.8 Å². The Hall–Kier alpha value is -2.06. The van der Waals surface area contributed by atoms with Crippen molar-refractivity contribution in [2.45, 2.75) is 64.5 Å². The number of rotatable bonds is 5. The Balaban J connectivity index is 2.11. The second-order valence-electron chi connectivity index (χ2n) is 7.04. The van der Waals surface area contributed by atoms with Gasteiger partial charge in [0.15, 0.2) is 6.10 Å². The molecule has 0 aromatic carbocycles. The highest BCUT2D eigenvalue weighted by Crippen LogP contribution is 2.41. The molecule has 9 heteroatoms. The second-order valence-corrected chi connectivity index (χ2v) is 7.04. The van der Waals surface area contributed by atoms with Gasteiger partial charge in [-0.3, -0.25) is 0 Å². The number of alkyl carbamates (subject to hydrolysis) is 1. The van der Waals surface area contributed by atoms with Gasteiger partial charge in [-0.2, -0.15) is 13.2 Å². The number of hydrogen-bond acceptors (Lipinski definition) is 5. The summed E-state index contributed by atoms with van der Waals surface area (Å²) in [5.41, 5.74) is -0.256. The highest BCUT2D eigenvalue weighted by atomic mass is 19.4. The van der Waals surface area contributed by atoms with Gasteiger partial charge >= 0.3 is 12.3 Å². The van der Waals surface area contributed by atoms with Crippen LogP contribution in [0.1, 0.15) is 52.3 Å². The number of nitrogens with zero attached hydrogens (tertiary/aromatic N) is 2. The third-order valence-corrected chi connectivity index (χ3v) is 3.51. The highest BCUT2D eigenvalue weighted by Gasteiger charge is 2.39. The Morgan fingerprint density at radius 1 is 1.28 bits per heavy atom. The predicted octanol–water partition coefficient (Wildman–Crippen LogP) is 3.78. The average Bonchev–Trinajstić information content (AvgIpc) is 3.26. The fourth-order valence-electron chi connectivity index (χ4n) is 2.13. The molecule has 2 atom stereocenters. The van der Waals surface area contributed by atoms with Gasteiger partial charge in [0.1, 0.15) is 11.9 Å². The maximum absolute atomic E-state index is 12.6. The van der Waals surface area contributed by atoms with Crippen LogP contribution in [0.4, 0.5) is 18.0 Å². The Bertz CT molecular complexity index is 613. The molecule has 1 aliphatic rings. The molecular formula is C16H22F3N3O3. The van der Waals surface area contributed by atoms with Crippen molar-refractivity contribution in [3.05, 3.63) is 18.1 Å². The minimum atomic E-state index is -4.49. The molecule has 1 aromatic heterocycles. The minimum Gasteiger partial charge on any atom is -0.465 e. The smallest absolute Gasteiger partial charge is 0.425 e. The van der Waals surface area contributed by atoms with Crippen LogP contribution in [0.2, 0.25) is 0 Å². The largest absolute Gasteiger partial charge is 0.465 e. The van der Waals surface area contributed by atoms with E-state index in [4.69, 9.17) is 9.47 Å². The molecule has 6 nitrogen and oxygen atoms in total. The van der Waals surface area contributed by atoms with Crippen LogP contribution in [0, 0.1) is 5.92 Å². The fourth-order valence-corrected chi connectivity index (χ4v) is 2.13. The van der Waals surface area contributed by atoms with Gasteiger partial charge in [-0.05, 0) is 46.5 Å². The summed E-state index contributed by atoms with van der Waals surface area (Å²) in [6.45, 7) is 6.13. The molecule has 0 bridgehead atoms. The Kier molecular flexibility index (Phi) is 5.43. The number of hydrogen-bond donors (Lipinski definition) is 1. The standard InChI is InChI=1S/C16H22F3N3O3/c1-9(16(17,18)19)24-12-7-11(20-8-21-12)13(10-5-6-10)22-14(23)25-15(2,3)4/h7-10,13H,5-6H2,1-4H3,(H,22,23)/t9-,13?/m1/s1. The maximum Gasteiger partial charge on any atom is 0.425 e. The van der Waals surface area contributed by atoms with Crippen LogP contribution in [-0.4, -0.2) is 33.9 Å². The second kappa shape index (κ2) is 7.05. The minimum absolute atomic E-state index is 0.162. The molecule has 0 radical (unpaired) electrons. The van der Waals surface area contributed by atoms with E-state index in [1.807, 2.05) is 0 Å². The first-order chi connectivity index (χ1) is 11.5. The van der Waals surface area contributed by atoms with Crippen molar-refractivity contribution in [2.24, 2.45) is 5.92 Å². The summed E-state index contributed by atoms with van der Waals surface area (Å²) in [4.78, 5) is 19.8. The third kappa shape index (κ3) is 6.06. The molecule has 1 amide bonds. The quantitative estimate of drug-likeness (QED) is 0.864. The zero-order chi connectivity index (χ0) is 18.8. The van der Waals surface area contributed by atoms with E-state index in [0.717, 1.165) is 26.1 Å². The highest BCUT2D eigenvalue weighted by molar-refractivity contribution is 5.68. The predicted molar refractivity (Wildman–Crippen MR) is 83.0 cm³/mol. The molecule has 1 aliphatic carbocycles. The van der Waals surface area contributed by atoms with Gasteiger partial charge in [0.05, 0.1) is 11.7 Å². The van der Waals surface area contributed by atoms with E-state index in [1.165, 1.54) is 6.07 Å². The molecule has 2 rings (SSSR count). The van der Waals surface area contributed by atoms with Crippen LogP contribution in [0.3, 0.4) is 0 Å². The number of ether oxygens (including phenoxy) is 2. The van der Waals surface area contributed by atoms with Gasteiger partial charge in [-0.15, -0.1) is 0 Å². The normalized spacial score (nSPS) is 17.6. The molecule has 1 N–H and O–H groups in total. The Morgan fingerprint density at radius 2 is 1.92 bits per heavy atom. The van der Waals surface area contributed by atoms with Crippen molar-refractivity contribution < 1.29 is 27.4 Å². The van der Waals surface area contributed by atoms with Crippen molar-refractivity contribution in [3.63, 3.8) is 0 Å². The zero-order valence-electron chi connectivity index (χ0n) is 14.6. The molecular weight excluding hydrogens is 339 g/mol. The maximum atomic E-state index is 12.6. The molecule has 140 valence electrons. The molecule has 1 unspecified atom stereocenters. The van der Waals surface area contributed by atoms with Crippen LogP contribution in [0.5, 0.6) is 5.88 Å². The van der Waals surface area contributed by atoms with E-state index in [1.54, 1.807) is 20.8 Å². The number of alkyl halides is 3. The summed E-state index contributed by atoms with van der Waals surface area (Å²) in [6.07, 6.45) is -4.18. The van der Waals surface area contributed by atoms with E-state index in [0.29, 0.717) is 5.69 Å². The molecule has 0 spiro atoms. The van der Waals surface area contributed by atoms with Gasteiger partial charge in [0.25, 0.3) is 0 Å². The van der Waals surface area contributed by atoms with Crippen molar-refractivity contribution in [1.29, 1.82) is 0 Å². The first kappa shape index (κ1) is 19.3. The van der Waals surface area contributed by atoms with Crippen LogP contribution in [0.15, 0.2) is 12.4 Å². The van der Waals surface area contributed by atoms with Crippen LogP contribution in [0.25, 0.3) is 0 Å². The number of carbonyl (C=O) groups excluding carboxylic acids is 1. The molecule has 0 aliphatic heterocycles. The fraction of sp³-hybridized carbons (Fsp3) is 0.688. The van der Waals surface area contributed by atoms with Gasteiger partial charge in [0.2, 0.25) is 5.88 Å². The molecule has 1 heterocycles. The lowest BCUT2D eigenvalue weighted by molar-refractivity contribution is -0.190. The van der Waals surface area contributed by atoms with Gasteiger partial charge < -0.3 is 14.8 Å². The lowest BCUT2D eigenvalue weighted by Gasteiger charge is -2.23. The number of halogens is 3. The lowest BCUT2D eigenvalue weighted by Crippen LogP contribution is -2.36. The van der Waals surface area contributed by atoms with E-state index in [2.05, 4.69) is 15.3 Å². The SMILES string of the molecule is C[C@@H](Oc1cc(C(NC(=O)OC(C)(C)C)C2CC2)ncn1)C(F)(F)F. The number of nitrogens with one attached hydrogen (secondary N) is 1. The molecule has 1 saturated carbocycles. The van der Waals surface area contributed by atoms with E-state index >= 15 is 0 Å². The summed E-state index contributed by atoms with van der Waals surface area (Å²) < 4.78 is 47.9. The first-order valence-corrected chi connectivity index (χ1v) is 8.00.